The van der Waals surface area contributed by atoms with Crippen molar-refractivity contribution in [3.63, 3.8) is 0 Å². The van der Waals surface area contributed by atoms with Gasteiger partial charge in [-0.15, -0.1) is 0 Å². The molecular formula is C22H24N2O4S. The monoisotopic (exact) mass is 412 g/mol. The Morgan fingerprint density at radius 2 is 1.72 bits per heavy atom. The number of amides is 1. The van der Waals surface area contributed by atoms with Crippen molar-refractivity contribution < 1.29 is 17.6 Å². The lowest BCUT2D eigenvalue weighted by Crippen LogP contribution is -2.37. The molecule has 0 saturated carbocycles. The van der Waals surface area contributed by atoms with Gasteiger partial charge in [-0.25, -0.2) is 8.42 Å². The van der Waals surface area contributed by atoms with E-state index in [0.29, 0.717) is 11.4 Å². The quantitative estimate of drug-likeness (QED) is 0.635. The summed E-state index contributed by atoms with van der Waals surface area (Å²) in [5, 5.41) is 2.82. The zero-order valence-corrected chi connectivity index (χ0v) is 17.5. The lowest BCUT2D eigenvalue weighted by molar-refractivity contribution is -0.116. The maximum absolute atomic E-state index is 13.2. The summed E-state index contributed by atoms with van der Waals surface area (Å²) in [6.07, 6.45) is 1.47. The van der Waals surface area contributed by atoms with Crippen molar-refractivity contribution in [2.75, 3.05) is 11.9 Å². The van der Waals surface area contributed by atoms with Crippen LogP contribution in [0.3, 0.4) is 0 Å². The number of anilines is 1. The fourth-order valence-electron chi connectivity index (χ4n) is 2.90. The molecule has 1 aromatic heterocycles. The van der Waals surface area contributed by atoms with Gasteiger partial charge in [-0.2, -0.15) is 4.31 Å². The minimum absolute atomic E-state index is 0.0383. The summed E-state index contributed by atoms with van der Waals surface area (Å²) < 4.78 is 32.8. The molecule has 1 N–H and O–H groups in total. The van der Waals surface area contributed by atoms with Gasteiger partial charge in [-0.1, -0.05) is 29.8 Å². The molecule has 0 unspecified atom stereocenters. The highest BCUT2D eigenvalue weighted by atomic mass is 32.2. The third-order valence-electron chi connectivity index (χ3n) is 4.77. The molecule has 3 aromatic rings. The molecule has 0 atom stereocenters. The van der Waals surface area contributed by atoms with E-state index in [0.717, 1.165) is 21.0 Å². The van der Waals surface area contributed by atoms with E-state index in [9.17, 15) is 13.2 Å². The van der Waals surface area contributed by atoms with Gasteiger partial charge in [0.05, 0.1) is 24.2 Å². The third kappa shape index (κ3) is 4.93. The number of aryl methyl sites for hydroxylation is 2. The number of carbonyl (C=O) groups is 1. The van der Waals surface area contributed by atoms with E-state index in [1.807, 2.05) is 32.9 Å². The van der Waals surface area contributed by atoms with E-state index in [1.165, 1.54) is 6.26 Å². The van der Waals surface area contributed by atoms with E-state index >= 15 is 0 Å². The molecule has 1 heterocycles. The van der Waals surface area contributed by atoms with Gasteiger partial charge in [0.25, 0.3) is 0 Å². The smallest absolute Gasteiger partial charge is 0.243 e. The number of hydrogen-bond acceptors (Lipinski definition) is 4. The molecule has 0 aliphatic carbocycles. The van der Waals surface area contributed by atoms with E-state index in [1.54, 1.807) is 42.5 Å². The fraction of sp³-hybridized carbons (Fsp3) is 0.227. The number of nitrogens with one attached hydrogen (secondary N) is 1. The van der Waals surface area contributed by atoms with Gasteiger partial charge in [0.2, 0.25) is 15.9 Å². The Hall–Kier alpha value is -2.90. The second kappa shape index (κ2) is 8.63. The molecule has 0 radical (unpaired) electrons. The summed E-state index contributed by atoms with van der Waals surface area (Å²) in [5.41, 5.74) is 3.61. The Labute approximate surface area is 171 Å². The van der Waals surface area contributed by atoms with Gasteiger partial charge >= 0.3 is 0 Å². The molecule has 2 aromatic carbocycles. The molecule has 29 heavy (non-hydrogen) atoms. The molecule has 0 aliphatic heterocycles. The van der Waals surface area contributed by atoms with Crippen LogP contribution in [-0.2, 0) is 21.4 Å². The number of nitrogens with zero attached hydrogens (tertiary/aromatic N) is 1. The van der Waals surface area contributed by atoms with Crippen LogP contribution in [0.1, 0.15) is 22.5 Å². The molecule has 3 rings (SSSR count). The number of furan rings is 1. The predicted octanol–water partition coefficient (Wildman–Crippen LogP) is 4.03. The summed E-state index contributed by atoms with van der Waals surface area (Å²) in [7, 11) is -3.89. The first kappa shape index (κ1) is 20.8. The summed E-state index contributed by atoms with van der Waals surface area (Å²) in [6, 6.07) is 15.5. The van der Waals surface area contributed by atoms with Crippen molar-refractivity contribution in [2.24, 2.45) is 0 Å². The van der Waals surface area contributed by atoms with E-state index in [2.05, 4.69) is 5.32 Å². The first-order valence-corrected chi connectivity index (χ1v) is 10.7. The van der Waals surface area contributed by atoms with Gasteiger partial charge in [-0.05, 0) is 62.2 Å². The highest BCUT2D eigenvalue weighted by molar-refractivity contribution is 7.89. The van der Waals surface area contributed by atoms with Crippen LogP contribution in [0.25, 0.3) is 0 Å². The van der Waals surface area contributed by atoms with Crippen LogP contribution in [0.15, 0.2) is 70.2 Å². The van der Waals surface area contributed by atoms with Gasteiger partial charge in [-0.3, -0.25) is 4.79 Å². The number of sulfonamides is 1. The van der Waals surface area contributed by atoms with Crippen molar-refractivity contribution in [3.8, 4) is 0 Å². The van der Waals surface area contributed by atoms with Gasteiger partial charge in [0.1, 0.15) is 5.76 Å². The Kier molecular flexibility index (Phi) is 6.20. The SMILES string of the molecule is Cc1ccc(S(=O)(=O)N(CC(=O)Nc2cccc(C)c2C)Cc2ccco2)cc1. The van der Waals surface area contributed by atoms with Crippen LogP contribution < -0.4 is 5.32 Å². The Morgan fingerprint density at radius 3 is 2.38 bits per heavy atom. The number of benzene rings is 2. The maximum Gasteiger partial charge on any atom is 0.243 e. The highest BCUT2D eigenvalue weighted by Crippen LogP contribution is 2.21. The van der Waals surface area contributed by atoms with Gasteiger partial charge in [0.15, 0.2) is 0 Å². The number of carbonyl (C=O) groups excluding carboxylic acids is 1. The molecule has 152 valence electrons. The summed E-state index contributed by atoms with van der Waals surface area (Å²) >= 11 is 0. The minimum Gasteiger partial charge on any atom is -0.468 e. The van der Waals surface area contributed by atoms with Gasteiger partial charge < -0.3 is 9.73 Å². The maximum atomic E-state index is 13.2. The van der Waals surface area contributed by atoms with Crippen LogP contribution in [0.5, 0.6) is 0 Å². The second-order valence-corrected chi connectivity index (χ2v) is 8.90. The fourth-order valence-corrected chi connectivity index (χ4v) is 4.26. The lowest BCUT2D eigenvalue weighted by Gasteiger charge is -2.21. The average molecular weight is 413 g/mol. The average Bonchev–Trinajstić information content (AvgIpc) is 3.18. The molecule has 0 spiro atoms. The number of rotatable bonds is 7. The van der Waals surface area contributed by atoms with Crippen LogP contribution >= 0.6 is 0 Å². The normalized spacial score (nSPS) is 11.6. The van der Waals surface area contributed by atoms with Crippen LogP contribution in [0.2, 0.25) is 0 Å². The summed E-state index contributed by atoms with van der Waals surface area (Å²) in [6.45, 7) is 5.38. The van der Waals surface area contributed by atoms with E-state index in [4.69, 9.17) is 4.42 Å². The molecule has 6 nitrogen and oxygen atoms in total. The Morgan fingerprint density at radius 1 is 1.00 bits per heavy atom. The predicted molar refractivity (Wildman–Crippen MR) is 112 cm³/mol. The molecule has 0 saturated heterocycles. The lowest BCUT2D eigenvalue weighted by atomic mass is 10.1. The van der Waals surface area contributed by atoms with E-state index < -0.39 is 15.9 Å². The van der Waals surface area contributed by atoms with Crippen molar-refractivity contribution in [3.05, 3.63) is 83.3 Å². The Balaban J connectivity index is 1.86. The minimum atomic E-state index is -3.89. The first-order chi connectivity index (χ1) is 13.8. The molecule has 0 fully saturated rings. The molecule has 1 amide bonds. The molecule has 7 heteroatoms. The highest BCUT2D eigenvalue weighted by Gasteiger charge is 2.28. The third-order valence-corrected chi connectivity index (χ3v) is 6.58. The standard InChI is InChI=1S/C22H24N2O4S/c1-16-9-11-20(12-10-16)29(26,27)24(14-19-7-5-13-28-19)15-22(25)23-21-8-4-6-17(2)18(21)3/h4-13H,14-15H2,1-3H3,(H,23,25). The van der Waals surface area contributed by atoms with Crippen LogP contribution in [-0.4, -0.2) is 25.2 Å². The van der Waals surface area contributed by atoms with Crippen molar-refractivity contribution >= 4 is 21.6 Å². The van der Waals surface area contributed by atoms with Crippen LogP contribution in [0.4, 0.5) is 5.69 Å². The number of hydrogen-bond donors (Lipinski definition) is 1. The summed E-state index contributed by atoms with van der Waals surface area (Å²) in [5.74, 6) is 0.0427. The van der Waals surface area contributed by atoms with Crippen molar-refractivity contribution in [1.29, 1.82) is 0 Å². The van der Waals surface area contributed by atoms with Crippen molar-refractivity contribution in [1.82, 2.24) is 4.31 Å². The topological polar surface area (TPSA) is 79.6 Å². The second-order valence-electron chi connectivity index (χ2n) is 6.96. The van der Waals surface area contributed by atoms with Crippen LogP contribution in [0, 0.1) is 20.8 Å². The molecule has 0 bridgehead atoms. The van der Waals surface area contributed by atoms with E-state index in [-0.39, 0.29) is 18.0 Å². The zero-order chi connectivity index (χ0) is 21.0. The largest absolute Gasteiger partial charge is 0.468 e. The zero-order valence-electron chi connectivity index (χ0n) is 16.7. The van der Waals surface area contributed by atoms with Gasteiger partial charge in [0, 0.05) is 5.69 Å². The summed E-state index contributed by atoms with van der Waals surface area (Å²) in [4.78, 5) is 12.8. The Bertz CT molecular complexity index is 1090. The first-order valence-electron chi connectivity index (χ1n) is 9.22. The van der Waals surface area contributed by atoms with Crippen molar-refractivity contribution in [2.45, 2.75) is 32.2 Å². The molecule has 0 aliphatic rings. The molecular weight excluding hydrogens is 388 g/mol.